The van der Waals surface area contributed by atoms with Crippen molar-refractivity contribution >= 4 is 28.0 Å². The summed E-state index contributed by atoms with van der Waals surface area (Å²) >= 11 is 0. The fraction of sp³-hybridized carbons (Fsp3) is 0.417. The van der Waals surface area contributed by atoms with Crippen molar-refractivity contribution < 1.29 is 19.4 Å². The maximum absolute atomic E-state index is 13.7. The maximum atomic E-state index is 13.7. The van der Waals surface area contributed by atoms with Gasteiger partial charge in [-0.15, -0.1) is 0 Å². The maximum Gasteiger partial charge on any atom is 0.254 e. The zero-order valence-electron chi connectivity index (χ0n) is 26.1. The van der Waals surface area contributed by atoms with Gasteiger partial charge in [-0.1, -0.05) is 0 Å². The molecule has 2 saturated carbocycles. The van der Waals surface area contributed by atoms with Gasteiger partial charge in [0.25, 0.3) is 5.91 Å². The van der Waals surface area contributed by atoms with Crippen molar-refractivity contribution in [2.75, 3.05) is 20.3 Å². The number of hydrogen-bond acceptors (Lipinski definition) is 7. The molecule has 10 nitrogen and oxygen atoms in total. The van der Waals surface area contributed by atoms with E-state index in [1.807, 2.05) is 36.2 Å². The van der Waals surface area contributed by atoms with Gasteiger partial charge in [0.1, 0.15) is 28.8 Å². The van der Waals surface area contributed by atoms with Gasteiger partial charge in [0.15, 0.2) is 5.82 Å². The fourth-order valence-electron chi connectivity index (χ4n) is 8.06. The third-order valence-electron chi connectivity index (χ3n) is 10.7. The molecular formula is C36H38N6O4. The molecule has 0 spiro atoms. The van der Waals surface area contributed by atoms with Crippen molar-refractivity contribution in [3.63, 3.8) is 0 Å². The number of pyridine rings is 1. The van der Waals surface area contributed by atoms with Crippen LogP contribution in [0.3, 0.4) is 0 Å². The lowest BCUT2D eigenvalue weighted by Gasteiger charge is -2.27. The summed E-state index contributed by atoms with van der Waals surface area (Å²) in [4.78, 5) is 26.1. The predicted molar refractivity (Wildman–Crippen MR) is 175 cm³/mol. The van der Waals surface area contributed by atoms with Crippen molar-refractivity contribution in [2.45, 2.75) is 56.8 Å². The van der Waals surface area contributed by atoms with Crippen LogP contribution in [0.1, 0.15) is 41.6 Å². The summed E-state index contributed by atoms with van der Waals surface area (Å²) in [6.07, 6.45) is 4.99. The zero-order valence-corrected chi connectivity index (χ0v) is 26.1. The number of methoxy groups -OCH3 is 1. The molecule has 3 fully saturated rings. The van der Waals surface area contributed by atoms with E-state index in [0.29, 0.717) is 29.6 Å². The molecule has 2 bridgehead atoms. The number of imidazole rings is 1. The van der Waals surface area contributed by atoms with Gasteiger partial charge in [0.2, 0.25) is 0 Å². The van der Waals surface area contributed by atoms with Crippen molar-refractivity contribution in [1.29, 1.82) is 0 Å². The first-order valence-corrected chi connectivity index (χ1v) is 16.4. The molecule has 2 aliphatic carbocycles. The summed E-state index contributed by atoms with van der Waals surface area (Å²) in [5.41, 5.74) is 13.5. The Balaban J connectivity index is 1.13. The highest BCUT2D eigenvalue weighted by molar-refractivity contribution is 6.00. The Kier molecular flexibility index (Phi) is 6.24. The lowest BCUT2D eigenvalue weighted by molar-refractivity contribution is 0.0700. The number of nitrogens with two attached hydrogens (primary N) is 1. The van der Waals surface area contributed by atoms with E-state index in [4.69, 9.17) is 25.2 Å². The number of aliphatic hydroxyl groups excluding tert-OH is 1. The number of nitrogens with zero attached hydrogens (tertiary/aromatic N) is 5. The second-order valence-corrected chi connectivity index (χ2v) is 13.6. The van der Waals surface area contributed by atoms with E-state index < -0.39 is 0 Å². The fourth-order valence-corrected chi connectivity index (χ4v) is 8.06. The Morgan fingerprint density at radius 2 is 1.96 bits per heavy atom. The Bertz CT molecular complexity index is 2040. The van der Waals surface area contributed by atoms with Crippen LogP contribution in [-0.4, -0.2) is 73.5 Å². The summed E-state index contributed by atoms with van der Waals surface area (Å²) < 4.78 is 16.1. The van der Waals surface area contributed by atoms with Gasteiger partial charge in [-0.2, -0.15) is 0 Å². The number of carbonyl (C=O) groups is 1. The van der Waals surface area contributed by atoms with Crippen molar-refractivity contribution in [3.8, 4) is 34.3 Å². The molecule has 2 aliphatic heterocycles. The lowest BCUT2D eigenvalue weighted by Crippen LogP contribution is -2.41. The first kappa shape index (κ1) is 27.9. The number of carbonyl (C=O) groups excluding carboxylic acids is 1. The highest BCUT2D eigenvalue weighted by Gasteiger charge is 2.47. The molecule has 0 radical (unpaired) electrons. The van der Waals surface area contributed by atoms with Crippen LogP contribution in [0.15, 0.2) is 48.5 Å². The van der Waals surface area contributed by atoms with E-state index in [0.717, 1.165) is 82.1 Å². The molecule has 3 unspecified atom stereocenters. The molecule has 4 atom stereocenters. The minimum absolute atomic E-state index is 0.000344. The van der Waals surface area contributed by atoms with Crippen LogP contribution in [0.4, 0.5) is 0 Å². The monoisotopic (exact) mass is 618 g/mol. The van der Waals surface area contributed by atoms with Crippen LogP contribution in [0, 0.1) is 11.8 Å². The summed E-state index contributed by atoms with van der Waals surface area (Å²) in [6, 6.07) is 16.5. The van der Waals surface area contributed by atoms with Crippen LogP contribution in [0.5, 0.6) is 11.5 Å². The number of aryl methyl sites for hydroxylation is 1. The Hall–Kier alpha value is -4.41. The highest BCUT2D eigenvalue weighted by Crippen LogP contribution is 2.41. The van der Waals surface area contributed by atoms with Crippen molar-refractivity contribution in [3.05, 3.63) is 59.7 Å². The molecule has 46 heavy (non-hydrogen) atoms. The molecule has 2 aromatic carbocycles. The average molecular weight is 619 g/mol. The minimum atomic E-state index is -0.186. The number of aromatic nitrogens is 4. The molecule has 10 heteroatoms. The molecular weight excluding hydrogens is 580 g/mol. The van der Waals surface area contributed by atoms with Crippen LogP contribution >= 0.6 is 0 Å². The number of rotatable bonds is 7. The first-order chi connectivity index (χ1) is 22.4. The number of likely N-dealkylation sites (tertiary alicyclic amines) is 1. The Labute approximate surface area is 266 Å². The molecule has 236 valence electrons. The number of piperidine rings is 1. The number of amides is 1. The molecule has 3 aromatic heterocycles. The van der Waals surface area contributed by atoms with Gasteiger partial charge < -0.3 is 34.3 Å². The van der Waals surface area contributed by atoms with Crippen LogP contribution < -0.4 is 15.2 Å². The lowest BCUT2D eigenvalue weighted by atomic mass is 10.0. The molecule has 1 saturated heterocycles. The van der Waals surface area contributed by atoms with E-state index in [1.165, 1.54) is 12.8 Å². The van der Waals surface area contributed by atoms with E-state index in [9.17, 15) is 9.90 Å². The molecule has 5 aromatic rings. The number of ether oxygens (including phenoxy) is 2. The first-order valence-electron chi connectivity index (χ1n) is 16.4. The number of fused-ring (bicyclic) bond motifs is 5. The van der Waals surface area contributed by atoms with Crippen LogP contribution in [0.2, 0.25) is 0 Å². The average Bonchev–Trinajstić information content (AvgIpc) is 3.33. The smallest absolute Gasteiger partial charge is 0.254 e. The molecule has 5 heterocycles. The largest absolute Gasteiger partial charge is 0.494 e. The summed E-state index contributed by atoms with van der Waals surface area (Å²) in [5.74, 6) is 3.28. The quantitative estimate of drug-likeness (QED) is 0.275. The normalized spacial score (nSPS) is 23.4. The van der Waals surface area contributed by atoms with Gasteiger partial charge in [0.05, 0.1) is 30.6 Å². The molecule has 9 rings (SSSR count). The van der Waals surface area contributed by atoms with Crippen LogP contribution in [-0.2, 0) is 20.0 Å². The minimum Gasteiger partial charge on any atom is -0.494 e. The molecule has 1 amide bonds. The van der Waals surface area contributed by atoms with Gasteiger partial charge in [-0.3, -0.25) is 4.79 Å². The molecule has 3 N–H and O–H groups in total. The van der Waals surface area contributed by atoms with Gasteiger partial charge >= 0.3 is 0 Å². The summed E-state index contributed by atoms with van der Waals surface area (Å²) in [6.45, 7) is 1.59. The van der Waals surface area contributed by atoms with E-state index >= 15 is 0 Å². The second kappa shape index (κ2) is 10.3. The van der Waals surface area contributed by atoms with E-state index in [2.05, 4.69) is 33.4 Å². The topological polar surface area (TPSA) is 121 Å². The van der Waals surface area contributed by atoms with Gasteiger partial charge in [-0.05, 0) is 91.6 Å². The number of aliphatic hydroxyl groups is 1. The SMILES string of the molecule is COc1cc(C(=O)N2CC3CCC2[C@@H]3N)cc2nc(-c3cc4ccc(-c5ccc6c(c5)CC(CO)O6)nc4n3CC3CC3)n(C)c12. The van der Waals surface area contributed by atoms with Gasteiger partial charge in [0, 0.05) is 55.2 Å². The van der Waals surface area contributed by atoms with Crippen LogP contribution in [0.25, 0.3) is 44.8 Å². The summed E-state index contributed by atoms with van der Waals surface area (Å²) in [5, 5.41) is 10.6. The third kappa shape index (κ3) is 4.26. The van der Waals surface area contributed by atoms with Crippen molar-refractivity contribution in [2.24, 2.45) is 24.6 Å². The van der Waals surface area contributed by atoms with Gasteiger partial charge in [-0.25, -0.2) is 9.97 Å². The number of benzene rings is 2. The summed E-state index contributed by atoms with van der Waals surface area (Å²) in [7, 11) is 3.66. The second-order valence-electron chi connectivity index (χ2n) is 13.6. The Morgan fingerprint density at radius 3 is 2.70 bits per heavy atom. The van der Waals surface area contributed by atoms with E-state index in [1.54, 1.807) is 7.11 Å². The van der Waals surface area contributed by atoms with E-state index in [-0.39, 0.29) is 30.7 Å². The molecule has 4 aliphatic rings. The number of hydrogen-bond donors (Lipinski definition) is 2. The van der Waals surface area contributed by atoms with Crippen molar-refractivity contribution in [1.82, 2.24) is 24.0 Å². The third-order valence-corrected chi connectivity index (χ3v) is 10.7. The zero-order chi connectivity index (χ0) is 31.3. The Morgan fingerprint density at radius 1 is 1.09 bits per heavy atom. The standard InChI is InChI=1S/C36H38N6O4/c1-40-33-27(13-24(15-31(33)45-2)36(44)42-17-22-6-9-28(42)32(22)37)39-35(40)29-14-21-5-8-26(38-34(21)41(29)16-19-3-4-19)20-7-10-30-23(11-20)12-25(18-43)46-30/h5,7-8,10-11,13-15,19,22,25,28,32,43H,3-4,6,9,12,16-18,37H2,1-2H3/t22?,25?,28?,32-/m1/s1. The predicted octanol–water partition coefficient (Wildman–Crippen LogP) is 4.53. The highest BCUT2D eigenvalue weighted by atomic mass is 16.5.